The van der Waals surface area contributed by atoms with Crippen LogP contribution in [0.5, 0.6) is 0 Å². The van der Waals surface area contributed by atoms with Crippen molar-refractivity contribution in [1.29, 1.82) is 0 Å². The van der Waals surface area contributed by atoms with E-state index in [2.05, 4.69) is 27.6 Å². The van der Waals surface area contributed by atoms with E-state index in [9.17, 15) is 0 Å². The number of aromatic nitrogens is 1. The van der Waals surface area contributed by atoms with Crippen molar-refractivity contribution in [3.05, 3.63) is 15.3 Å². The van der Waals surface area contributed by atoms with E-state index in [4.69, 9.17) is 11.5 Å². The third-order valence-electron chi connectivity index (χ3n) is 2.13. The monoisotopic (exact) mass is 275 g/mol. The number of pyridine rings is 1. The number of nitrogen functional groups attached to an aromatic ring is 2. The first-order valence-electron chi connectivity index (χ1n) is 3.89. The molecule has 0 bridgehead atoms. The molecule has 1 aliphatic rings. The SMILES string of the molecule is Nc1ncc(I)c(N)c1C1CC1. The minimum absolute atomic E-state index is 0.576. The van der Waals surface area contributed by atoms with Gasteiger partial charge in [0.15, 0.2) is 0 Å². The summed E-state index contributed by atoms with van der Waals surface area (Å²) >= 11 is 2.18. The Morgan fingerprint density at radius 2 is 2.08 bits per heavy atom. The lowest BCUT2D eigenvalue weighted by atomic mass is 10.1. The molecule has 1 heterocycles. The Bertz CT molecular complexity index is 320. The van der Waals surface area contributed by atoms with E-state index in [1.54, 1.807) is 6.20 Å². The predicted octanol–water partition coefficient (Wildman–Crippen LogP) is 1.73. The Morgan fingerprint density at radius 3 is 2.67 bits per heavy atom. The molecule has 4 N–H and O–H groups in total. The van der Waals surface area contributed by atoms with Crippen LogP contribution in [0.15, 0.2) is 6.20 Å². The second-order valence-electron chi connectivity index (χ2n) is 3.09. The van der Waals surface area contributed by atoms with Gasteiger partial charge in [0.1, 0.15) is 5.82 Å². The predicted molar refractivity (Wildman–Crippen MR) is 57.8 cm³/mol. The van der Waals surface area contributed by atoms with Crippen molar-refractivity contribution < 1.29 is 0 Å². The molecule has 64 valence electrons. The fourth-order valence-corrected chi connectivity index (χ4v) is 1.76. The molecule has 0 aliphatic heterocycles. The van der Waals surface area contributed by atoms with Crippen molar-refractivity contribution in [2.45, 2.75) is 18.8 Å². The quantitative estimate of drug-likeness (QED) is 0.767. The van der Waals surface area contributed by atoms with Gasteiger partial charge in [0, 0.05) is 11.8 Å². The Hall–Kier alpha value is -0.520. The molecule has 0 spiro atoms. The van der Waals surface area contributed by atoms with Crippen molar-refractivity contribution in [3.63, 3.8) is 0 Å². The van der Waals surface area contributed by atoms with Crippen LogP contribution >= 0.6 is 22.6 Å². The molecule has 0 saturated heterocycles. The van der Waals surface area contributed by atoms with Crippen LogP contribution in [0.25, 0.3) is 0 Å². The summed E-state index contributed by atoms with van der Waals surface area (Å²) in [6.07, 6.45) is 4.13. The van der Waals surface area contributed by atoms with Gasteiger partial charge in [0.05, 0.1) is 9.26 Å². The first kappa shape index (κ1) is 8.10. The molecular formula is C8H10IN3. The lowest BCUT2D eigenvalue weighted by Crippen LogP contribution is -2.03. The maximum atomic E-state index is 5.90. The van der Waals surface area contributed by atoms with Gasteiger partial charge in [-0.1, -0.05) is 0 Å². The normalized spacial score (nSPS) is 16.4. The third-order valence-corrected chi connectivity index (χ3v) is 2.99. The molecule has 0 radical (unpaired) electrons. The van der Waals surface area contributed by atoms with Crippen molar-refractivity contribution in [2.24, 2.45) is 0 Å². The van der Waals surface area contributed by atoms with Crippen LogP contribution in [0.3, 0.4) is 0 Å². The smallest absolute Gasteiger partial charge is 0.128 e. The molecule has 1 fully saturated rings. The van der Waals surface area contributed by atoms with E-state index in [0.717, 1.165) is 14.8 Å². The molecule has 0 aromatic carbocycles. The Morgan fingerprint density at radius 1 is 1.42 bits per heavy atom. The average Bonchev–Trinajstić information content (AvgIpc) is 2.81. The highest BCUT2D eigenvalue weighted by molar-refractivity contribution is 14.1. The summed E-state index contributed by atoms with van der Waals surface area (Å²) in [6.45, 7) is 0. The average molecular weight is 275 g/mol. The van der Waals surface area contributed by atoms with Crippen molar-refractivity contribution in [1.82, 2.24) is 4.98 Å². The summed E-state index contributed by atoms with van der Waals surface area (Å²) < 4.78 is 1.00. The van der Waals surface area contributed by atoms with Gasteiger partial charge < -0.3 is 11.5 Å². The molecule has 2 rings (SSSR count). The molecule has 0 unspecified atom stereocenters. The van der Waals surface area contributed by atoms with Gasteiger partial charge in [0.2, 0.25) is 0 Å². The molecule has 12 heavy (non-hydrogen) atoms. The summed E-state index contributed by atoms with van der Waals surface area (Å²) in [7, 11) is 0. The van der Waals surface area contributed by atoms with Gasteiger partial charge in [-0.3, -0.25) is 0 Å². The summed E-state index contributed by atoms with van der Waals surface area (Å²) in [4.78, 5) is 4.09. The zero-order valence-corrected chi connectivity index (χ0v) is 8.71. The first-order chi connectivity index (χ1) is 5.70. The molecule has 0 atom stereocenters. The summed E-state index contributed by atoms with van der Waals surface area (Å²) in [5.41, 5.74) is 13.5. The number of hydrogen-bond donors (Lipinski definition) is 2. The topological polar surface area (TPSA) is 64.9 Å². The minimum atomic E-state index is 0.576. The van der Waals surface area contributed by atoms with Crippen molar-refractivity contribution in [3.8, 4) is 0 Å². The van der Waals surface area contributed by atoms with Gasteiger partial charge in [-0.2, -0.15) is 0 Å². The van der Waals surface area contributed by atoms with Crippen LogP contribution in [0.4, 0.5) is 11.5 Å². The standard InChI is InChI=1S/C8H10IN3/c9-5-3-12-8(11)6(7(5)10)4-1-2-4/h3-4H,1-2H2,(H4,10,11,12). The molecule has 1 aliphatic carbocycles. The van der Waals surface area contributed by atoms with Gasteiger partial charge in [0.25, 0.3) is 0 Å². The van der Waals surface area contributed by atoms with Crippen LogP contribution in [0, 0.1) is 3.57 Å². The molecular weight excluding hydrogens is 265 g/mol. The summed E-state index contributed by atoms with van der Waals surface area (Å²) in [5.74, 6) is 1.18. The molecule has 1 aromatic heterocycles. The lowest BCUT2D eigenvalue weighted by molar-refractivity contribution is 1.10. The number of nitrogens with two attached hydrogens (primary N) is 2. The zero-order valence-electron chi connectivity index (χ0n) is 6.55. The second-order valence-corrected chi connectivity index (χ2v) is 4.26. The fourth-order valence-electron chi connectivity index (χ4n) is 1.33. The number of anilines is 2. The Kier molecular flexibility index (Phi) is 1.86. The van der Waals surface area contributed by atoms with E-state index in [1.165, 1.54) is 12.8 Å². The largest absolute Gasteiger partial charge is 0.397 e. The summed E-state index contributed by atoms with van der Waals surface area (Å²) in [5, 5.41) is 0. The van der Waals surface area contributed by atoms with Gasteiger partial charge in [-0.15, -0.1) is 0 Å². The molecule has 1 aromatic rings. The Balaban J connectivity index is 2.55. The van der Waals surface area contributed by atoms with E-state index in [0.29, 0.717) is 11.7 Å². The zero-order chi connectivity index (χ0) is 8.72. The van der Waals surface area contributed by atoms with E-state index in [1.807, 2.05) is 0 Å². The molecule has 0 amide bonds. The second kappa shape index (κ2) is 2.76. The number of hydrogen-bond acceptors (Lipinski definition) is 3. The Labute approximate surface area is 84.7 Å². The highest BCUT2D eigenvalue weighted by atomic mass is 127. The van der Waals surface area contributed by atoms with Gasteiger partial charge in [-0.25, -0.2) is 4.98 Å². The van der Waals surface area contributed by atoms with Crippen LogP contribution in [-0.2, 0) is 0 Å². The molecule has 3 nitrogen and oxygen atoms in total. The van der Waals surface area contributed by atoms with Crippen LogP contribution < -0.4 is 11.5 Å². The fraction of sp³-hybridized carbons (Fsp3) is 0.375. The molecule has 1 saturated carbocycles. The van der Waals surface area contributed by atoms with E-state index >= 15 is 0 Å². The number of rotatable bonds is 1. The lowest BCUT2D eigenvalue weighted by Gasteiger charge is -2.07. The highest BCUT2D eigenvalue weighted by Gasteiger charge is 2.28. The van der Waals surface area contributed by atoms with Crippen molar-refractivity contribution in [2.75, 3.05) is 11.5 Å². The number of halogens is 1. The van der Waals surface area contributed by atoms with E-state index < -0.39 is 0 Å². The van der Waals surface area contributed by atoms with Gasteiger partial charge >= 0.3 is 0 Å². The van der Waals surface area contributed by atoms with Crippen LogP contribution in [0.1, 0.15) is 24.3 Å². The maximum Gasteiger partial charge on any atom is 0.128 e. The van der Waals surface area contributed by atoms with Crippen LogP contribution in [0.2, 0.25) is 0 Å². The third kappa shape index (κ3) is 1.24. The molecule has 4 heteroatoms. The minimum Gasteiger partial charge on any atom is -0.397 e. The number of nitrogens with zero attached hydrogens (tertiary/aromatic N) is 1. The maximum absolute atomic E-state index is 5.90. The van der Waals surface area contributed by atoms with Crippen LogP contribution in [-0.4, -0.2) is 4.98 Å². The van der Waals surface area contributed by atoms with Gasteiger partial charge in [-0.05, 0) is 41.4 Å². The highest BCUT2D eigenvalue weighted by Crippen LogP contribution is 2.45. The van der Waals surface area contributed by atoms with Crippen molar-refractivity contribution >= 4 is 34.1 Å². The summed E-state index contributed by atoms with van der Waals surface area (Å²) in [6, 6.07) is 0. The first-order valence-corrected chi connectivity index (χ1v) is 4.97. The van der Waals surface area contributed by atoms with E-state index in [-0.39, 0.29) is 0 Å².